The molecule has 2 aromatic carbocycles. The van der Waals surface area contributed by atoms with Crippen molar-refractivity contribution in [2.45, 2.75) is 64.0 Å². The lowest BCUT2D eigenvalue weighted by molar-refractivity contribution is 0.0496. The molecule has 2 heterocycles. The lowest BCUT2D eigenvalue weighted by atomic mass is 9.96. The van der Waals surface area contributed by atoms with Crippen LogP contribution in [0.15, 0.2) is 65.2 Å². The zero-order chi connectivity index (χ0) is 24.7. The molecule has 7 heteroatoms. The van der Waals surface area contributed by atoms with Gasteiger partial charge in [-0.3, -0.25) is 0 Å². The van der Waals surface area contributed by atoms with Crippen LogP contribution in [0.25, 0.3) is 0 Å². The highest BCUT2D eigenvalue weighted by Gasteiger charge is 2.26. The van der Waals surface area contributed by atoms with E-state index in [-0.39, 0.29) is 12.1 Å². The number of hydrogen-bond acceptors (Lipinski definition) is 6. The number of nitrogens with zero attached hydrogens (tertiary/aromatic N) is 3. The van der Waals surface area contributed by atoms with Crippen LogP contribution in [0.2, 0.25) is 0 Å². The average molecular weight is 477 g/mol. The Bertz CT molecular complexity index is 1050. The molecule has 0 aliphatic carbocycles. The summed E-state index contributed by atoms with van der Waals surface area (Å²) in [6.45, 7) is 8.46. The third-order valence-electron chi connectivity index (χ3n) is 6.25. The summed E-state index contributed by atoms with van der Waals surface area (Å²) in [6, 6.07) is 20.2. The Morgan fingerprint density at radius 1 is 1.09 bits per heavy atom. The summed E-state index contributed by atoms with van der Waals surface area (Å²) in [5, 5.41) is 7.27. The van der Waals surface area contributed by atoms with E-state index >= 15 is 0 Å². The van der Waals surface area contributed by atoms with Crippen molar-refractivity contribution in [3.8, 4) is 0 Å². The summed E-state index contributed by atoms with van der Waals surface area (Å²) in [7, 11) is 0. The Balaban J connectivity index is 1.28. The van der Waals surface area contributed by atoms with Gasteiger partial charge in [-0.2, -0.15) is 4.98 Å². The smallest absolute Gasteiger partial charge is 0.408 e. The normalized spacial score (nSPS) is 16.1. The maximum absolute atomic E-state index is 12.4. The van der Waals surface area contributed by atoms with Crippen LogP contribution in [0.5, 0.6) is 0 Å². The van der Waals surface area contributed by atoms with Crippen molar-refractivity contribution >= 4 is 6.09 Å². The van der Waals surface area contributed by atoms with Crippen LogP contribution >= 0.6 is 0 Å². The second-order valence-electron chi connectivity index (χ2n) is 10.2. The summed E-state index contributed by atoms with van der Waals surface area (Å²) >= 11 is 0. The fraction of sp³-hybridized carbons (Fsp3) is 0.464. The topological polar surface area (TPSA) is 80.5 Å². The Labute approximate surface area is 207 Å². The molecule has 3 aromatic rings. The number of ether oxygens (including phenoxy) is 1. The molecule has 186 valence electrons. The van der Waals surface area contributed by atoms with E-state index in [4.69, 9.17) is 9.26 Å². The van der Waals surface area contributed by atoms with Gasteiger partial charge in [0, 0.05) is 18.9 Å². The van der Waals surface area contributed by atoms with Crippen LogP contribution < -0.4 is 5.32 Å². The third kappa shape index (κ3) is 7.65. The molecule has 35 heavy (non-hydrogen) atoms. The van der Waals surface area contributed by atoms with Gasteiger partial charge in [-0.05, 0) is 64.3 Å². The van der Waals surface area contributed by atoms with Crippen molar-refractivity contribution in [1.82, 2.24) is 20.4 Å². The minimum atomic E-state index is -0.525. The first kappa shape index (κ1) is 24.9. The van der Waals surface area contributed by atoms with Gasteiger partial charge in [0.1, 0.15) is 5.60 Å². The van der Waals surface area contributed by atoms with Gasteiger partial charge in [-0.1, -0.05) is 65.8 Å². The SMILES string of the molecule is CC(C)(C)OC(=O)NC(CCN1CCC(c2nc(Cc3ccccc3)no2)CC1)c1ccccc1. The molecule has 1 aliphatic heterocycles. The number of likely N-dealkylation sites (tertiary alicyclic amines) is 1. The van der Waals surface area contributed by atoms with Crippen molar-refractivity contribution in [2.24, 2.45) is 0 Å². The minimum Gasteiger partial charge on any atom is -0.444 e. The van der Waals surface area contributed by atoms with Crippen LogP contribution in [0.1, 0.15) is 74.8 Å². The molecule has 1 aromatic heterocycles. The fourth-order valence-electron chi connectivity index (χ4n) is 4.46. The maximum atomic E-state index is 12.4. The molecule has 0 bridgehead atoms. The molecule has 0 radical (unpaired) electrons. The first-order valence-corrected chi connectivity index (χ1v) is 12.5. The molecule has 1 amide bonds. The van der Waals surface area contributed by atoms with Gasteiger partial charge in [-0.25, -0.2) is 4.79 Å². The molecule has 1 atom stereocenters. The van der Waals surface area contributed by atoms with Crippen molar-refractivity contribution in [1.29, 1.82) is 0 Å². The summed E-state index contributed by atoms with van der Waals surface area (Å²) in [4.78, 5) is 19.6. The number of benzene rings is 2. The van der Waals surface area contributed by atoms with Gasteiger partial charge >= 0.3 is 6.09 Å². The van der Waals surface area contributed by atoms with Crippen molar-refractivity contribution < 1.29 is 14.1 Å². The van der Waals surface area contributed by atoms with Crippen LogP contribution in [0, 0.1) is 0 Å². The first-order valence-electron chi connectivity index (χ1n) is 12.5. The summed E-state index contributed by atoms with van der Waals surface area (Å²) < 4.78 is 11.1. The highest BCUT2D eigenvalue weighted by molar-refractivity contribution is 5.68. The van der Waals surface area contributed by atoms with Gasteiger partial charge < -0.3 is 19.5 Å². The van der Waals surface area contributed by atoms with E-state index < -0.39 is 5.60 Å². The molecule has 1 unspecified atom stereocenters. The largest absolute Gasteiger partial charge is 0.444 e. The van der Waals surface area contributed by atoms with Gasteiger partial charge in [0.25, 0.3) is 0 Å². The summed E-state index contributed by atoms with van der Waals surface area (Å²) in [6.07, 6.45) is 3.10. The van der Waals surface area contributed by atoms with Gasteiger partial charge in [0.15, 0.2) is 5.82 Å². The fourth-order valence-corrected chi connectivity index (χ4v) is 4.46. The van der Waals surface area contributed by atoms with Gasteiger partial charge in [-0.15, -0.1) is 0 Å². The van der Waals surface area contributed by atoms with E-state index in [1.54, 1.807) is 0 Å². The van der Waals surface area contributed by atoms with E-state index in [0.717, 1.165) is 56.2 Å². The predicted molar refractivity (Wildman–Crippen MR) is 135 cm³/mol. The van der Waals surface area contributed by atoms with E-state index in [0.29, 0.717) is 12.3 Å². The molecular formula is C28H36N4O3. The van der Waals surface area contributed by atoms with Gasteiger partial charge in [0.2, 0.25) is 5.89 Å². The third-order valence-corrected chi connectivity index (χ3v) is 6.25. The van der Waals surface area contributed by atoms with Crippen molar-refractivity contribution in [3.63, 3.8) is 0 Å². The van der Waals surface area contributed by atoms with Gasteiger partial charge in [0.05, 0.1) is 6.04 Å². The number of rotatable bonds is 8. The number of hydrogen-bond donors (Lipinski definition) is 1. The quantitative estimate of drug-likeness (QED) is 0.463. The van der Waals surface area contributed by atoms with E-state index in [1.165, 1.54) is 5.56 Å². The Kier molecular flexibility index (Phi) is 8.18. The van der Waals surface area contributed by atoms with Crippen LogP contribution in [-0.2, 0) is 11.2 Å². The van der Waals surface area contributed by atoms with Crippen molar-refractivity contribution in [3.05, 3.63) is 83.5 Å². The molecule has 1 fully saturated rings. The molecule has 1 aliphatic rings. The number of amides is 1. The van der Waals surface area contributed by atoms with Crippen LogP contribution in [0.3, 0.4) is 0 Å². The lowest BCUT2D eigenvalue weighted by Crippen LogP contribution is -2.38. The highest BCUT2D eigenvalue weighted by Crippen LogP contribution is 2.28. The standard InChI is InChI=1S/C28H36N4O3/c1-28(2,3)34-27(33)29-24(22-12-8-5-9-13-22)16-19-32-17-14-23(15-18-32)26-30-25(31-35-26)20-21-10-6-4-7-11-21/h4-13,23-24H,14-20H2,1-3H3,(H,29,33). The second kappa shape index (κ2) is 11.5. The monoisotopic (exact) mass is 476 g/mol. The molecule has 0 spiro atoms. The van der Waals surface area contributed by atoms with E-state index in [2.05, 4.69) is 44.6 Å². The lowest BCUT2D eigenvalue weighted by Gasteiger charge is -2.32. The number of carbonyl (C=O) groups excluding carboxylic acids is 1. The highest BCUT2D eigenvalue weighted by atomic mass is 16.6. The van der Waals surface area contributed by atoms with E-state index in [1.807, 2.05) is 57.2 Å². The zero-order valence-corrected chi connectivity index (χ0v) is 20.9. The molecular weight excluding hydrogens is 440 g/mol. The molecule has 7 nitrogen and oxygen atoms in total. The number of carbonyl (C=O) groups is 1. The first-order chi connectivity index (χ1) is 16.9. The summed E-state index contributed by atoms with van der Waals surface area (Å²) in [5.74, 6) is 1.80. The minimum absolute atomic E-state index is 0.0970. The number of piperidine rings is 1. The number of alkyl carbamates (subject to hydrolysis) is 1. The molecule has 1 N–H and O–H groups in total. The predicted octanol–water partition coefficient (Wildman–Crippen LogP) is 5.50. The number of aromatic nitrogens is 2. The Morgan fingerprint density at radius 2 is 1.74 bits per heavy atom. The average Bonchev–Trinajstić information content (AvgIpc) is 3.30. The molecule has 1 saturated heterocycles. The van der Waals surface area contributed by atoms with E-state index in [9.17, 15) is 4.79 Å². The Morgan fingerprint density at radius 3 is 2.40 bits per heavy atom. The van der Waals surface area contributed by atoms with Crippen LogP contribution in [-0.4, -0.2) is 46.4 Å². The Hall–Kier alpha value is -3.19. The van der Waals surface area contributed by atoms with Crippen molar-refractivity contribution in [2.75, 3.05) is 19.6 Å². The maximum Gasteiger partial charge on any atom is 0.408 e. The van der Waals surface area contributed by atoms with Crippen LogP contribution in [0.4, 0.5) is 4.79 Å². The summed E-state index contributed by atoms with van der Waals surface area (Å²) in [5.41, 5.74) is 1.75. The second-order valence-corrected chi connectivity index (χ2v) is 10.2. The molecule has 4 rings (SSSR count). The number of nitrogens with one attached hydrogen (secondary N) is 1. The molecule has 0 saturated carbocycles. The zero-order valence-electron chi connectivity index (χ0n) is 20.9.